The molecule has 0 aliphatic heterocycles. The van der Waals surface area contributed by atoms with Crippen molar-refractivity contribution in [3.05, 3.63) is 0 Å². The zero-order chi connectivity index (χ0) is 11.7. The molecule has 2 bridgehead atoms. The van der Waals surface area contributed by atoms with Crippen LogP contribution in [-0.4, -0.2) is 24.3 Å². The summed E-state index contributed by atoms with van der Waals surface area (Å²) in [7, 11) is 0. The zero-order valence-corrected chi connectivity index (χ0v) is 10.9. The third-order valence-electron chi connectivity index (χ3n) is 5.54. The highest BCUT2D eigenvalue weighted by atomic mass is 16.3. The van der Waals surface area contributed by atoms with Crippen molar-refractivity contribution in [3.63, 3.8) is 0 Å². The van der Waals surface area contributed by atoms with Gasteiger partial charge in [-0.15, -0.1) is 0 Å². The average molecular weight is 237 g/mol. The first kappa shape index (κ1) is 12.0. The Morgan fingerprint density at radius 3 is 2.35 bits per heavy atom. The molecule has 0 heterocycles. The topological polar surface area (TPSA) is 32.3 Å². The third kappa shape index (κ3) is 2.85. The van der Waals surface area contributed by atoms with E-state index < -0.39 is 0 Å². The quantitative estimate of drug-likeness (QED) is 0.787. The second kappa shape index (κ2) is 5.27. The molecule has 0 aromatic carbocycles. The van der Waals surface area contributed by atoms with Crippen LogP contribution in [0, 0.1) is 23.7 Å². The van der Waals surface area contributed by atoms with Gasteiger partial charge in [-0.3, -0.25) is 0 Å². The van der Waals surface area contributed by atoms with Gasteiger partial charge < -0.3 is 10.4 Å². The fourth-order valence-electron chi connectivity index (χ4n) is 4.45. The predicted molar refractivity (Wildman–Crippen MR) is 69.8 cm³/mol. The molecule has 0 radical (unpaired) electrons. The van der Waals surface area contributed by atoms with E-state index in [2.05, 4.69) is 5.32 Å². The van der Waals surface area contributed by atoms with Gasteiger partial charge in [0.05, 0.1) is 6.10 Å². The van der Waals surface area contributed by atoms with E-state index in [-0.39, 0.29) is 6.10 Å². The van der Waals surface area contributed by atoms with E-state index in [1.54, 1.807) is 0 Å². The van der Waals surface area contributed by atoms with Crippen molar-refractivity contribution in [2.75, 3.05) is 13.1 Å². The van der Waals surface area contributed by atoms with Gasteiger partial charge in [0.25, 0.3) is 0 Å². The summed E-state index contributed by atoms with van der Waals surface area (Å²) in [6.45, 7) is 2.46. The van der Waals surface area contributed by atoms with E-state index >= 15 is 0 Å². The average Bonchev–Trinajstić information content (AvgIpc) is 2.94. The van der Waals surface area contributed by atoms with Gasteiger partial charge >= 0.3 is 0 Å². The molecular weight excluding hydrogens is 210 g/mol. The molecule has 3 atom stereocenters. The lowest BCUT2D eigenvalue weighted by Crippen LogP contribution is -2.32. The van der Waals surface area contributed by atoms with Crippen LogP contribution < -0.4 is 5.32 Å². The van der Waals surface area contributed by atoms with Crippen molar-refractivity contribution in [1.82, 2.24) is 5.32 Å². The number of aliphatic hydroxyl groups excluding tert-OH is 1. The second-order valence-electron chi connectivity index (χ2n) is 6.77. The molecule has 3 aliphatic rings. The Labute approximate surface area is 105 Å². The molecule has 2 nitrogen and oxygen atoms in total. The van der Waals surface area contributed by atoms with Gasteiger partial charge in [-0.2, -0.15) is 0 Å². The number of hydrogen-bond donors (Lipinski definition) is 2. The Morgan fingerprint density at radius 2 is 1.71 bits per heavy atom. The summed E-state index contributed by atoms with van der Waals surface area (Å²) in [6, 6.07) is 0. The van der Waals surface area contributed by atoms with Crippen molar-refractivity contribution >= 4 is 0 Å². The van der Waals surface area contributed by atoms with Crippen LogP contribution >= 0.6 is 0 Å². The minimum Gasteiger partial charge on any atom is -0.393 e. The van der Waals surface area contributed by atoms with E-state index in [4.69, 9.17) is 0 Å². The lowest BCUT2D eigenvalue weighted by atomic mass is 9.86. The molecule has 0 saturated heterocycles. The molecule has 0 amide bonds. The summed E-state index contributed by atoms with van der Waals surface area (Å²) < 4.78 is 0. The molecule has 0 spiro atoms. The van der Waals surface area contributed by atoms with E-state index in [0.717, 1.165) is 36.5 Å². The molecule has 0 aromatic heterocycles. The largest absolute Gasteiger partial charge is 0.393 e. The first-order chi connectivity index (χ1) is 8.31. The van der Waals surface area contributed by atoms with Gasteiger partial charge in [-0.25, -0.2) is 0 Å². The first-order valence-corrected chi connectivity index (χ1v) is 7.70. The van der Waals surface area contributed by atoms with E-state index in [0.29, 0.717) is 0 Å². The molecule has 3 rings (SSSR count). The number of fused-ring (bicyclic) bond motifs is 2. The van der Waals surface area contributed by atoms with Gasteiger partial charge in [0.1, 0.15) is 0 Å². The van der Waals surface area contributed by atoms with Crippen LogP contribution in [0.2, 0.25) is 0 Å². The van der Waals surface area contributed by atoms with Crippen LogP contribution in [0.3, 0.4) is 0 Å². The molecule has 98 valence electrons. The summed E-state index contributed by atoms with van der Waals surface area (Å²) in [5.41, 5.74) is 0. The van der Waals surface area contributed by atoms with Crippen molar-refractivity contribution < 1.29 is 5.11 Å². The monoisotopic (exact) mass is 237 g/mol. The van der Waals surface area contributed by atoms with Crippen molar-refractivity contribution in [1.29, 1.82) is 0 Å². The Kier molecular flexibility index (Phi) is 3.72. The number of nitrogens with one attached hydrogen (secondary N) is 1. The van der Waals surface area contributed by atoms with E-state index in [9.17, 15) is 5.11 Å². The van der Waals surface area contributed by atoms with Crippen LogP contribution in [0.5, 0.6) is 0 Å². The van der Waals surface area contributed by atoms with E-state index in [1.165, 1.54) is 51.6 Å². The minimum absolute atomic E-state index is 0.00295. The maximum atomic E-state index is 9.48. The SMILES string of the molecule is OC1CCC(CNCC2CC3CCC2C3)CC1. The maximum absolute atomic E-state index is 9.48. The summed E-state index contributed by atoms with van der Waals surface area (Å²) in [4.78, 5) is 0. The van der Waals surface area contributed by atoms with Crippen LogP contribution in [0.25, 0.3) is 0 Å². The number of aliphatic hydroxyl groups is 1. The van der Waals surface area contributed by atoms with Crippen LogP contribution in [0.1, 0.15) is 51.4 Å². The standard InChI is InChI=1S/C15H27NO/c17-15-5-2-11(3-6-15)9-16-10-14-8-12-1-4-13(14)7-12/h11-17H,1-10H2. The van der Waals surface area contributed by atoms with Crippen molar-refractivity contribution in [2.45, 2.75) is 57.5 Å². The molecule has 17 heavy (non-hydrogen) atoms. The minimum atomic E-state index is -0.00295. The van der Waals surface area contributed by atoms with Gasteiger partial charge in [-0.1, -0.05) is 6.42 Å². The summed E-state index contributed by atoms with van der Waals surface area (Å²) in [5, 5.41) is 13.2. The third-order valence-corrected chi connectivity index (χ3v) is 5.54. The van der Waals surface area contributed by atoms with Crippen LogP contribution in [0.15, 0.2) is 0 Å². The lowest BCUT2D eigenvalue weighted by Gasteiger charge is -2.27. The molecule has 3 aliphatic carbocycles. The normalized spacial score (nSPS) is 45.4. The van der Waals surface area contributed by atoms with Crippen LogP contribution in [-0.2, 0) is 0 Å². The molecular formula is C15H27NO. The molecule has 2 heteroatoms. The predicted octanol–water partition coefficient (Wildman–Crippen LogP) is 2.56. The van der Waals surface area contributed by atoms with Gasteiger partial charge in [-0.05, 0) is 81.7 Å². The molecule has 3 fully saturated rings. The fourth-order valence-corrected chi connectivity index (χ4v) is 4.45. The van der Waals surface area contributed by atoms with Crippen molar-refractivity contribution in [2.24, 2.45) is 23.7 Å². The maximum Gasteiger partial charge on any atom is 0.0540 e. The summed E-state index contributed by atoms with van der Waals surface area (Å²) in [6.07, 6.45) is 10.6. The molecule has 3 saturated carbocycles. The highest BCUT2D eigenvalue weighted by Gasteiger charge is 2.38. The Balaban J connectivity index is 1.33. The lowest BCUT2D eigenvalue weighted by molar-refractivity contribution is 0.108. The second-order valence-corrected chi connectivity index (χ2v) is 6.77. The highest BCUT2D eigenvalue weighted by Crippen LogP contribution is 2.47. The smallest absolute Gasteiger partial charge is 0.0540 e. The van der Waals surface area contributed by atoms with Gasteiger partial charge in [0, 0.05) is 0 Å². The van der Waals surface area contributed by atoms with E-state index in [1.807, 2.05) is 0 Å². The summed E-state index contributed by atoms with van der Waals surface area (Å²) >= 11 is 0. The Morgan fingerprint density at radius 1 is 0.882 bits per heavy atom. The Bertz CT molecular complexity index is 247. The zero-order valence-electron chi connectivity index (χ0n) is 10.9. The molecule has 2 N–H and O–H groups in total. The molecule has 0 aromatic rings. The Hall–Kier alpha value is -0.0800. The van der Waals surface area contributed by atoms with Gasteiger partial charge in [0.2, 0.25) is 0 Å². The van der Waals surface area contributed by atoms with Gasteiger partial charge in [0.15, 0.2) is 0 Å². The summed E-state index contributed by atoms with van der Waals surface area (Å²) in [5.74, 6) is 3.96. The fraction of sp³-hybridized carbons (Fsp3) is 1.00. The van der Waals surface area contributed by atoms with Crippen molar-refractivity contribution in [3.8, 4) is 0 Å². The first-order valence-electron chi connectivity index (χ1n) is 7.70. The highest BCUT2D eigenvalue weighted by molar-refractivity contribution is 4.90. The number of rotatable bonds is 4. The van der Waals surface area contributed by atoms with Crippen LogP contribution in [0.4, 0.5) is 0 Å². The molecule has 3 unspecified atom stereocenters. The number of hydrogen-bond acceptors (Lipinski definition) is 2.